The molecule has 0 aliphatic carbocycles. The molecule has 0 fully saturated rings. The maximum absolute atomic E-state index is 12.1. The minimum atomic E-state index is -2.62. The van der Waals surface area contributed by atoms with Crippen molar-refractivity contribution in [1.29, 1.82) is 0 Å². The van der Waals surface area contributed by atoms with Crippen molar-refractivity contribution in [3.05, 3.63) is 11.8 Å². The van der Waals surface area contributed by atoms with Gasteiger partial charge in [-0.3, -0.25) is 25.1 Å². The topological polar surface area (TPSA) is 119 Å². The number of nitrogens with zero attached hydrogens (tertiary/aromatic N) is 2. The summed E-state index contributed by atoms with van der Waals surface area (Å²) < 4.78 is 12.1. The highest BCUT2D eigenvalue weighted by Gasteiger charge is 2.26. The number of carbonyl (C=O) groups excluding carboxylic acids is 1. The van der Waals surface area contributed by atoms with Crippen molar-refractivity contribution in [2.75, 3.05) is 20.0 Å². The lowest BCUT2D eigenvalue weighted by atomic mass is 10.2. The van der Waals surface area contributed by atoms with Gasteiger partial charge in [-0.25, -0.2) is 5.06 Å². The van der Waals surface area contributed by atoms with Crippen molar-refractivity contribution in [3.63, 3.8) is 0 Å². The summed E-state index contributed by atoms with van der Waals surface area (Å²) >= 11 is 0. The van der Waals surface area contributed by atoms with Gasteiger partial charge in [0.15, 0.2) is 0 Å². The molecule has 1 amide bonds. The van der Waals surface area contributed by atoms with E-state index in [9.17, 15) is 19.4 Å². The zero-order valence-electron chi connectivity index (χ0n) is 12.9. The van der Waals surface area contributed by atoms with E-state index in [2.05, 4.69) is 10.3 Å². The van der Waals surface area contributed by atoms with E-state index in [1.807, 2.05) is 6.92 Å². The van der Waals surface area contributed by atoms with E-state index < -0.39 is 24.8 Å². The minimum Gasteiger partial charge on any atom is -0.481 e. The van der Waals surface area contributed by atoms with Gasteiger partial charge >= 0.3 is 5.97 Å². The fraction of sp³-hybridized carbons (Fsp3) is 0.615. The molecule has 0 bridgehead atoms. The first-order valence-electron chi connectivity index (χ1n) is 6.88. The molecule has 0 aromatic heterocycles. The van der Waals surface area contributed by atoms with Gasteiger partial charge in [-0.2, -0.15) is 0 Å². The standard InChI is InChI=1S/C13H22N3O5P/c1-9-6-10(14-7-9)13(19)16(20)8-15-11(22(2,3)21)4-5-12(17)18/h6-7,9,11,15,20H,4-5,8H2,1-3H3,(H,17,18). The van der Waals surface area contributed by atoms with E-state index in [0.29, 0.717) is 5.06 Å². The molecule has 0 aromatic rings. The highest BCUT2D eigenvalue weighted by atomic mass is 31.2. The van der Waals surface area contributed by atoms with Crippen LogP contribution in [0.4, 0.5) is 0 Å². The maximum Gasteiger partial charge on any atom is 0.303 e. The van der Waals surface area contributed by atoms with Crippen LogP contribution in [0.15, 0.2) is 16.8 Å². The summed E-state index contributed by atoms with van der Waals surface area (Å²) in [6.07, 6.45) is 3.23. The lowest BCUT2D eigenvalue weighted by molar-refractivity contribution is -0.162. The summed E-state index contributed by atoms with van der Waals surface area (Å²) in [7, 11) is -2.62. The summed E-state index contributed by atoms with van der Waals surface area (Å²) in [6.45, 7) is 4.66. The quantitative estimate of drug-likeness (QED) is 0.266. The van der Waals surface area contributed by atoms with Gasteiger partial charge in [0.05, 0.1) is 19.6 Å². The maximum atomic E-state index is 12.1. The number of carboxylic acid groups (broad SMARTS) is 1. The van der Waals surface area contributed by atoms with E-state index in [1.165, 1.54) is 13.3 Å². The fourth-order valence-corrected chi connectivity index (χ4v) is 3.22. The van der Waals surface area contributed by atoms with Gasteiger partial charge in [0.1, 0.15) is 5.70 Å². The molecular weight excluding hydrogens is 309 g/mol. The Morgan fingerprint density at radius 1 is 1.50 bits per heavy atom. The first kappa shape index (κ1) is 18.5. The molecule has 22 heavy (non-hydrogen) atoms. The van der Waals surface area contributed by atoms with Gasteiger partial charge in [-0.1, -0.05) is 6.92 Å². The van der Waals surface area contributed by atoms with Crippen LogP contribution in [0.25, 0.3) is 0 Å². The van der Waals surface area contributed by atoms with Crippen LogP contribution in [-0.4, -0.2) is 59.2 Å². The van der Waals surface area contributed by atoms with Crippen molar-refractivity contribution in [2.45, 2.75) is 25.5 Å². The van der Waals surface area contributed by atoms with Crippen LogP contribution in [0.2, 0.25) is 0 Å². The number of aliphatic carboxylic acids is 1. The summed E-state index contributed by atoms with van der Waals surface area (Å²) in [5.74, 6) is -2.20. The van der Waals surface area contributed by atoms with E-state index >= 15 is 0 Å². The number of hydrogen-bond acceptors (Lipinski definition) is 6. The number of nitrogens with one attached hydrogen (secondary N) is 1. The summed E-state index contributed by atoms with van der Waals surface area (Å²) in [4.78, 5) is 26.4. The Kier molecular flexibility index (Phi) is 6.47. The molecule has 0 aromatic carbocycles. The van der Waals surface area contributed by atoms with Gasteiger partial charge in [-0.15, -0.1) is 0 Å². The van der Waals surface area contributed by atoms with Crippen LogP contribution in [0, 0.1) is 5.92 Å². The van der Waals surface area contributed by atoms with Gasteiger partial charge < -0.3 is 9.67 Å². The second-order valence-electron chi connectivity index (χ2n) is 5.64. The lowest BCUT2D eigenvalue weighted by Gasteiger charge is -2.24. The zero-order chi connectivity index (χ0) is 16.9. The van der Waals surface area contributed by atoms with Crippen molar-refractivity contribution in [2.24, 2.45) is 10.9 Å². The summed E-state index contributed by atoms with van der Waals surface area (Å²) in [5, 5.41) is 21.7. The molecule has 0 saturated carbocycles. The predicted octanol–water partition coefficient (Wildman–Crippen LogP) is 1.17. The Hall–Kier alpha value is -1.50. The van der Waals surface area contributed by atoms with Crippen LogP contribution in [-0.2, 0) is 14.2 Å². The zero-order valence-corrected chi connectivity index (χ0v) is 13.8. The number of hydroxylamine groups is 2. The molecular formula is C13H22N3O5P. The molecule has 0 radical (unpaired) electrons. The molecule has 1 rings (SSSR count). The predicted molar refractivity (Wildman–Crippen MR) is 82.5 cm³/mol. The molecule has 9 heteroatoms. The highest BCUT2D eigenvalue weighted by Crippen LogP contribution is 2.42. The molecule has 2 atom stereocenters. The molecule has 1 aliphatic heterocycles. The monoisotopic (exact) mass is 331 g/mol. The van der Waals surface area contributed by atoms with Crippen LogP contribution < -0.4 is 5.32 Å². The van der Waals surface area contributed by atoms with E-state index in [-0.39, 0.29) is 31.1 Å². The molecule has 8 nitrogen and oxygen atoms in total. The minimum absolute atomic E-state index is 0.0372. The number of carbonyl (C=O) groups is 2. The summed E-state index contributed by atoms with van der Waals surface area (Å²) in [5.41, 5.74) is 0.148. The molecule has 0 spiro atoms. The Balaban J connectivity index is 2.58. The van der Waals surface area contributed by atoms with Crippen LogP contribution in [0.1, 0.15) is 19.8 Å². The Bertz CT molecular complexity index is 540. The third-order valence-corrected chi connectivity index (χ3v) is 5.12. The van der Waals surface area contributed by atoms with Crippen molar-refractivity contribution in [3.8, 4) is 0 Å². The first-order chi connectivity index (χ1) is 10.1. The molecule has 3 N–H and O–H groups in total. The van der Waals surface area contributed by atoms with Gasteiger partial charge in [0.25, 0.3) is 5.91 Å². The fourth-order valence-electron chi connectivity index (χ4n) is 1.95. The van der Waals surface area contributed by atoms with Crippen LogP contribution >= 0.6 is 7.14 Å². The number of amides is 1. The molecule has 2 unspecified atom stereocenters. The molecule has 0 saturated heterocycles. The first-order valence-corrected chi connectivity index (χ1v) is 9.55. The third kappa shape index (κ3) is 5.71. The van der Waals surface area contributed by atoms with Crippen molar-refractivity contribution in [1.82, 2.24) is 10.4 Å². The van der Waals surface area contributed by atoms with E-state index in [4.69, 9.17) is 5.11 Å². The highest BCUT2D eigenvalue weighted by molar-refractivity contribution is 7.63. The smallest absolute Gasteiger partial charge is 0.303 e. The second-order valence-corrected chi connectivity index (χ2v) is 9.13. The molecule has 1 aliphatic rings. The SMILES string of the molecule is CC1C=NC(C(=O)N(O)CNC(CCC(=O)O)P(C)(C)=O)=C1. The van der Waals surface area contributed by atoms with Crippen molar-refractivity contribution < 1.29 is 24.5 Å². The lowest BCUT2D eigenvalue weighted by Crippen LogP contribution is -2.41. The average Bonchev–Trinajstić information content (AvgIpc) is 2.82. The summed E-state index contributed by atoms with van der Waals surface area (Å²) in [6, 6.07) is 0. The van der Waals surface area contributed by atoms with Crippen molar-refractivity contribution >= 4 is 25.2 Å². The van der Waals surface area contributed by atoms with Crippen LogP contribution in [0.3, 0.4) is 0 Å². The third-order valence-electron chi connectivity index (χ3n) is 3.18. The number of aliphatic imine (C=N–C) groups is 1. The number of hydrogen-bond donors (Lipinski definition) is 3. The number of carboxylic acids is 1. The van der Waals surface area contributed by atoms with E-state index in [0.717, 1.165) is 0 Å². The average molecular weight is 331 g/mol. The largest absolute Gasteiger partial charge is 0.481 e. The Labute approximate surface area is 129 Å². The molecule has 1 heterocycles. The normalized spacial score (nSPS) is 18.9. The van der Waals surface area contributed by atoms with Gasteiger partial charge in [0.2, 0.25) is 0 Å². The Morgan fingerprint density at radius 2 is 2.14 bits per heavy atom. The second kappa shape index (κ2) is 7.67. The Morgan fingerprint density at radius 3 is 2.59 bits per heavy atom. The van der Waals surface area contributed by atoms with Crippen LogP contribution in [0.5, 0.6) is 0 Å². The van der Waals surface area contributed by atoms with Gasteiger partial charge in [-0.05, 0) is 25.8 Å². The number of allylic oxidation sites excluding steroid dienone is 1. The van der Waals surface area contributed by atoms with Gasteiger partial charge in [0, 0.05) is 18.6 Å². The van der Waals surface area contributed by atoms with E-state index in [1.54, 1.807) is 12.3 Å². The molecule has 124 valence electrons. The number of rotatable bonds is 8.